The number of carbonyl (C=O) groups excluding carboxylic acids is 2. The van der Waals surface area contributed by atoms with Crippen LogP contribution in [-0.4, -0.2) is 71.3 Å². The van der Waals surface area contributed by atoms with Gasteiger partial charge in [-0.05, 0) is 149 Å². The summed E-state index contributed by atoms with van der Waals surface area (Å²) >= 11 is 0. The number of piperidine rings is 1. The molecule has 0 aromatic rings. The number of aliphatic hydroxyl groups excluding tert-OH is 1. The predicted octanol–water partition coefficient (Wildman–Crippen LogP) is 8.02. The zero-order chi connectivity index (χ0) is 38.1. The number of nitrogens with one attached hydrogen (secondary N) is 1. The summed E-state index contributed by atoms with van der Waals surface area (Å²) < 4.78 is 6.19. The van der Waals surface area contributed by atoms with Gasteiger partial charge in [0.05, 0.1) is 18.4 Å². The summed E-state index contributed by atoms with van der Waals surface area (Å²) in [5.74, 6) is 1.42. The second kappa shape index (κ2) is 14.0. The zero-order valence-electron chi connectivity index (χ0n) is 34.0. The molecule has 1 amide bonds. The number of aliphatic hydroxyl groups is 1. The molecule has 8 nitrogen and oxygen atoms in total. The lowest BCUT2D eigenvalue weighted by molar-refractivity contribution is -0.250. The molecule has 1 aliphatic heterocycles. The number of allylic oxidation sites excluding steroid dienone is 1. The van der Waals surface area contributed by atoms with E-state index in [0.29, 0.717) is 36.0 Å². The normalized spacial score (nSPS) is 41.9. The van der Waals surface area contributed by atoms with Crippen LogP contribution < -0.4 is 5.32 Å². The van der Waals surface area contributed by atoms with Crippen molar-refractivity contribution in [3.63, 3.8) is 0 Å². The highest BCUT2D eigenvalue weighted by atomic mass is 16.5. The number of β-amino-alcohol motifs (C(OH)–C–C–N with tert-alkyl or cyclic N) is 1. The van der Waals surface area contributed by atoms with Gasteiger partial charge < -0.3 is 25.2 Å². The first kappa shape index (κ1) is 39.8. The Kier molecular flexibility index (Phi) is 10.7. The molecule has 5 saturated carbocycles. The Balaban J connectivity index is 1.20. The SMILES string of the molecule is C=C(C)[C@@H]1CC[C@]2(CC(=O)NC3CCN(CCO)CC3)CC[C@]3(C)[C@H](CC[C@@H]4[C@@]5(C)CC[C@H](OC(=O)CC(C)(C)C(=O)O)C(C)(C)[C@@H]5CC[C@]43C)[C@@H]12. The van der Waals surface area contributed by atoms with Crippen LogP contribution in [0.25, 0.3) is 0 Å². The maximum Gasteiger partial charge on any atom is 0.309 e. The summed E-state index contributed by atoms with van der Waals surface area (Å²) in [6, 6.07) is 0.231. The minimum Gasteiger partial charge on any atom is -0.481 e. The average Bonchev–Trinajstić information content (AvgIpc) is 3.43. The van der Waals surface area contributed by atoms with Crippen molar-refractivity contribution < 1.29 is 29.3 Å². The van der Waals surface area contributed by atoms with E-state index < -0.39 is 17.4 Å². The van der Waals surface area contributed by atoms with E-state index in [0.717, 1.165) is 71.0 Å². The van der Waals surface area contributed by atoms with Crippen LogP contribution in [0.15, 0.2) is 12.2 Å². The van der Waals surface area contributed by atoms with Gasteiger partial charge in [-0.3, -0.25) is 14.4 Å². The lowest BCUT2D eigenvalue weighted by atomic mass is 9.32. The molecule has 0 aromatic heterocycles. The summed E-state index contributed by atoms with van der Waals surface area (Å²) in [5, 5.41) is 22.4. The molecule has 1 heterocycles. The summed E-state index contributed by atoms with van der Waals surface area (Å²) in [6.45, 7) is 25.2. The second-order valence-corrected chi connectivity index (χ2v) is 20.8. The van der Waals surface area contributed by atoms with Crippen LogP contribution in [0.2, 0.25) is 0 Å². The largest absolute Gasteiger partial charge is 0.481 e. The number of nitrogens with zero attached hydrogens (tertiary/aromatic N) is 1. The minimum absolute atomic E-state index is 0.0406. The molecule has 3 N–H and O–H groups in total. The first-order valence-electron chi connectivity index (χ1n) is 20.9. The number of likely N-dealkylation sites (tertiary alicyclic amines) is 1. The highest BCUT2D eigenvalue weighted by Gasteiger charge is 2.71. The van der Waals surface area contributed by atoms with Crippen LogP contribution in [0, 0.1) is 62.1 Å². The van der Waals surface area contributed by atoms with Crippen molar-refractivity contribution >= 4 is 17.8 Å². The molecule has 0 spiro atoms. The monoisotopic (exact) mass is 725 g/mol. The Morgan fingerprint density at radius 1 is 0.865 bits per heavy atom. The Labute approximate surface area is 314 Å². The molecule has 6 rings (SSSR count). The second-order valence-electron chi connectivity index (χ2n) is 20.8. The van der Waals surface area contributed by atoms with Gasteiger partial charge >= 0.3 is 11.9 Å². The van der Waals surface area contributed by atoms with Gasteiger partial charge in [0, 0.05) is 37.5 Å². The van der Waals surface area contributed by atoms with Crippen LogP contribution in [0.4, 0.5) is 0 Å². The third-order valence-corrected chi connectivity index (χ3v) is 17.5. The number of fused-ring (bicyclic) bond motifs is 7. The van der Waals surface area contributed by atoms with Gasteiger partial charge in [-0.15, -0.1) is 0 Å². The van der Waals surface area contributed by atoms with Gasteiger partial charge in [-0.2, -0.15) is 0 Å². The van der Waals surface area contributed by atoms with Gasteiger partial charge in [0.2, 0.25) is 5.91 Å². The molecular weight excluding hydrogens is 652 g/mol. The third kappa shape index (κ3) is 6.49. The van der Waals surface area contributed by atoms with E-state index in [-0.39, 0.29) is 58.2 Å². The summed E-state index contributed by atoms with van der Waals surface area (Å²) in [7, 11) is 0. The predicted molar refractivity (Wildman–Crippen MR) is 204 cm³/mol. The lowest BCUT2D eigenvalue weighted by Crippen LogP contribution is -2.67. The number of esters is 1. The molecular formula is C44H72N2O6. The average molecular weight is 725 g/mol. The van der Waals surface area contributed by atoms with Crippen LogP contribution in [0.3, 0.4) is 0 Å². The number of ether oxygens (including phenoxy) is 1. The van der Waals surface area contributed by atoms with E-state index in [1.54, 1.807) is 13.8 Å². The maximum absolute atomic E-state index is 13.9. The fourth-order valence-corrected chi connectivity index (χ4v) is 14.5. The summed E-state index contributed by atoms with van der Waals surface area (Å²) in [5.41, 5.74) is 0.506. The fraction of sp³-hybridized carbons (Fsp3) is 0.886. The smallest absolute Gasteiger partial charge is 0.309 e. The van der Waals surface area contributed by atoms with Gasteiger partial charge in [0.1, 0.15) is 6.10 Å². The highest BCUT2D eigenvalue weighted by Crippen LogP contribution is 2.78. The highest BCUT2D eigenvalue weighted by molar-refractivity contribution is 5.81. The number of amides is 1. The zero-order valence-corrected chi connectivity index (χ0v) is 34.0. The van der Waals surface area contributed by atoms with E-state index in [1.165, 1.54) is 31.3 Å². The first-order chi connectivity index (χ1) is 24.2. The van der Waals surface area contributed by atoms with Crippen molar-refractivity contribution in [1.29, 1.82) is 0 Å². The molecule has 6 fully saturated rings. The number of carbonyl (C=O) groups is 3. The Morgan fingerprint density at radius 2 is 1.56 bits per heavy atom. The molecule has 0 aromatic carbocycles. The van der Waals surface area contributed by atoms with Gasteiger partial charge in [0.25, 0.3) is 0 Å². The minimum atomic E-state index is -1.14. The molecule has 0 radical (unpaired) electrons. The molecule has 5 aliphatic carbocycles. The van der Waals surface area contributed by atoms with E-state index >= 15 is 0 Å². The van der Waals surface area contributed by atoms with E-state index in [4.69, 9.17) is 4.74 Å². The number of rotatable bonds is 10. The van der Waals surface area contributed by atoms with Gasteiger partial charge in [-0.25, -0.2) is 0 Å². The molecule has 6 aliphatic rings. The topological polar surface area (TPSA) is 116 Å². The van der Waals surface area contributed by atoms with Crippen LogP contribution in [0.5, 0.6) is 0 Å². The van der Waals surface area contributed by atoms with E-state index in [1.807, 2.05) is 0 Å². The van der Waals surface area contributed by atoms with Crippen molar-refractivity contribution in [2.24, 2.45) is 62.1 Å². The van der Waals surface area contributed by atoms with Crippen molar-refractivity contribution in [3.8, 4) is 0 Å². The lowest BCUT2D eigenvalue weighted by Gasteiger charge is -2.73. The standard InChI is InChI=1S/C44H72N2O6/c1-28(2)30-12-19-44(26-35(48)45-29-15-22-46(23-16-29)24-25-47)21-20-42(8)31(37(30)44)10-11-33-41(7)17-14-34(52-36(49)27-39(3,4)38(50)51)40(5,6)32(41)13-18-43(33,42)9/h29-34,37,47H,1,10-27H2,2-9H3,(H,45,48)(H,50,51)/t30-,31+,32-,33+,34-,37+,41-,42+,43+,44+/m0/s1. The molecule has 0 bridgehead atoms. The van der Waals surface area contributed by atoms with Gasteiger partial charge in [0.15, 0.2) is 0 Å². The Hall–Kier alpha value is -1.93. The van der Waals surface area contributed by atoms with Crippen LogP contribution in [0.1, 0.15) is 145 Å². The number of hydrogen-bond acceptors (Lipinski definition) is 6. The Morgan fingerprint density at radius 3 is 2.19 bits per heavy atom. The molecule has 1 saturated heterocycles. The van der Waals surface area contributed by atoms with Gasteiger partial charge in [-0.1, -0.05) is 46.8 Å². The molecule has 8 heteroatoms. The third-order valence-electron chi connectivity index (χ3n) is 17.5. The molecule has 0 unspecified atom stereocenters. The van der Waals surface area contributed by atoms with E-state index in [9.17, 15) is 24.6 Å². The van der Waals surface area contributed by atoms with Crippen molar-refractivity contribution in [3.05, 3.63) is 12.2 Å². The number of carboxylic acids is 1. The fourth-order valence-electron chi connectivity index (χ4n) is 14.5. The maximum atomic E-state index is 13.9. The van der Waals surface area contributed by atoms with Crippen molar-refractivity contribution in [2.45, 2.75) is 157 Å². The first-order valence-corrected chi connectivity index (χ1v) is 20.9. The molecule has 52 heavy (non-hydrogen) atoms. The number of aliphatic carboxylic acids is 1. The summed E-state index contributed by atoms with van der Waals surface area (Å²) in [4.78, 5) is 41.1. The number of carboxylic acid groups (broad SMARTS) is 1. The van der Waals surface area contributed by atoms with Crippen LogP contribution in [-0.2, 0) is 19.1 Å². The number of hydrogen-bond donors (Lipinski definition) is 3. The van der Waals surface area contributed by atoms with Crippen molar-refractivity contribution in [1.82, 2.24) is 10.2 Å². The van der Waals surface area contributed by atoms with Crippen LogP contribution >= 0.6 is 0 Å². The Bertz CT molecular complexity index is 1400. The van der Waals surface area contributed by atoms with Crippen molar-refractivity contribution in [2.75, 3.05) is 26.2 Å². The van der Waals surface area contributed by atoms with E-state index in [2.05, 4.69) is 58.3 Å². The molecule has 294 valence electrons. The molecule has 10 atom stereocenters. The summed E-state index contributed by atoms with van der Waals surface area (Å²) in [6.07, 6.45) is 13.4. The quantitative estimate of drug-likeness (QED) is 0.154.